The first-order valence-electron chi connectivity index (χ1n) is 8.21. The highest BCUT2D eigenvalue weighted by atomic mass is 16.5. The largest absolute Gasteiger partial charge is 0.493 e. The van der Waals surface area contributed by atoms with E-state index in [1.54, 1.807) is 31.3 Å². The fraction of sp³-hybridized carbons (Fsp3) is 0.529. The van der Waals surface area contributed by atoms with Crippen molar-refractivity contribution >= 4 is 17.6 Å². The molecule has 1 aromatic carbocycles. The second-order valence-electron chi connectivity index (χ2n) is 5.73. The summed E-state index contributed by atoms with van der Waals surface area (Å²) in [4.78, 5) is 23.1. The molecule has 3 amide bonds. The van der Waals surface area contributed by atoms with Gasteiger partial charge in [-0.2, -0.15) is 0 Å². The quantitative estimate of drug-likeness (QED) is 0.710. The predicted molar refractivity (Wildman–Crippen MR) is 91.2 cm³/mol. The molecule has 3 N–H and O–H groups in total. The zero-order valence-corrected chi connectivity index (χ0v) is 14.1. The average Bonchev–Trinajstić information content (AvgIpc) is 3.11. The number of hydrogen-bond donors (Lipinski definition) is 3. The number of ether oxygens (including phenoxy) is 2. The molecule has 2 atom stereocenters. The Balaban J connectivity index is 1.74. The number of anilines is 1. The van der Waals surface area contributed by atoms with E-state index >= 15 is 0 Å². The molecule has 1 fully saturated rings. The van der Waals surface area contributed by atoms with Crippen molar-refractivity contribution in [3.63, 3.8) is 0 Å². The summed E-state index contributed by atoms with van der Waals surface area (Å²) in [5, 5.41) is 8.20. The van der Waals surface area contributed by atoms with E-state index in [9.17, 15) is 9.59 Å². The molecule has 1 saturated heterocycles. The Bertz CT molecular complexity index is 541. The summed E-state index contributed by atoms with van der Waals surface area (Å²) < 4.78 is 11.0. The van der Waals surface area contributed by atoms with E-state index in [4.69, 9.17) is 9.47 Å². The number of benzene rings is 1. The van der Waals surface area contributed by atoms with Crippen molar-refractivity contribution in [3.8, 4) is 5.75 Å². The highest BCUT2D eigenvalue weighted by Gasteiger charge is 2.23. The van der Waals surface area contributed by atoms with Crippen LogP contribution in [0.1, 0.15) is 26.2 Å². The summed E-state index contributed by atoms with van der Waals surface area (Å²) >= 11 is 0. The van der Waals surface area contributed by atoms with E-state index in [1.165, 1.54) is 0 Å². The lowest BCUT2D eigenvalue weighted by Gasteiger charge is -2.20. The van der Waals surface area contributed by atoms with Crippen molar-refractivity contribution in [1.29, 1.82) is 0 Å². The lowest BCUT2D eigenvalue weighted by Crippen LogP contribution is -2.42. The predicted octanol–water partition coefficient (Wildman–Crippen LogP) is 1.89. The summed E-state index contributed by atoms with van der Waals surface area (Å²) in [6, 6.07) is 6.73. The monoisotopic (exact) mass is 335 g/mol. The van der Waals surface area contributed by atoms with Gasteiger partial charge in [-0.3, -0.25) is 4.79 Å². The van der Waals surface area contributed by atoms with Gasteiger partial charge >= 0.3 is 6.03 Å². The number of nitrogens with one attached hydrogen (secondary N) is 3. The van der Waals surface area contributed by atoms with E-state index in [2.05, 4.69) is 16.0 Å². The summed E-state index contributed by atoms with van der Waals surface area (Å²) in [5.41, 5.74) is 0.672. The van der Waals surface area contributed by atoms with E-state index in [1.807, 2.05) is 6.92 Å². The standard InChI is InChI=1S/C17H25N3O4/c1-12(15-4-3-10-24-15)19-17(22)20-13-5-7-14(8-6-13)23-11-9-16(21)18-2/h5-8,12,15H,3-4,9-11H2,1-2H3,(H,18,21)(H2,19,20,22)/t12-,15-/m0/s1. The number of amides is 3. The first-order chi connectivity index (χ1) is 11.6. The molecule has 0 aromatic heterocycles. The Kier molecular flexibility index (Phi) is 6.87. The molecule has 1 aliphatic heterocycles. The van der Waals surface area contributed by atoms with Crippen LogP contribution in [-0.2, 0) is 9.53 Å². The highest BCUT2D eigenvalue weighted by molar-refractivity contribution is 5.89. The molecule has 0 radical (unpaired) electrons. The number of carbonyl (C=O) groups excluding carboxylic acids is 2. The Morgan fingerprint density at radius 3 is 2.71 bits per heavy atom. The fourth-order valence-electron chi connectivity index (χ4n) is 2.48. The maximum Gasteiger partial charge on any atom is 0.319 e. The van der Waals surface area contributed by atoms with Crippen molar-refractivity contribution in [2.24, 2.45) is 0 Å². The zero-order chi connectivity index (χ0) is 17.4. The SMILES string of the molecule is CNC(=O)CCOc1ccc(NC(=O)N[C@@H](C)[C@@H]2CCCO2)cc1. The van der Waals surface area contributed by atoms with Crippen molar-refractivity contribution in [2.45, 2.75) is 38.3 Å². The summed E-state index contributed by atoms with van der Waals surface area (Å²) in [5.74, 6) is 0.586. The van der Waals surface area contributed by atoms with Crippen LogP contribution in [0.15, 0.2) is 24.3 Å². The smallest absolute Gasteiger partial charge is 0.319 e. The number of carbonyl (C=O) groups is 2. The first kappa shape index (κ1) is 18.1. The van der Waals surface area contributed by atoms with Crippen LogP contribution >= 0.6 is 0 Å². The molecule has 0 aliphatic carbocycles. The van der Waals surface area contributed by atoms with Crippen LogP contribution in [-0.4, -0.2) is 44.3 Å². The third kappa shape index (κ3) is 5.73. The summed E-state index contributed by atoms with van der Waals surface area (Å²) in [6.07, 6.45) is 2.41. The lowest BCUT2D eigenvalue weighted by atomic mass is 10.1. The van der Waals surface area contributed by atoms with Gasteiger partial charge in [0.25, 0.3) is 0 Å². The molecule has 0 spiro atoms. The van der Waals surface area contributed by atoms with Crippen LogP contribution in [0.2, 0.25) is 0 Å². The van der Waals surface area contributed by atoms with Crippen LogP contribution < -0.4 is 20.7 Å². The maximum atomic E-state index is 12.0. The fourth-order valence-corrected chi connectivity index (χ4v) is 2.48. The Hall–Kier alpha value is -2.28. The minimum atomic E-state index is -0.258. The molecule has 24 heavy (non-hydrogen) atoms. The van der Waals surface area contributed by atoms with Crippen molar-refractivity contribution < 1.29 is 19.1 Å². The van der Waals surface area contributed by atoms with Crippen molar-refractivity contribution in [2.75, 3.05) is 25.6 Å². The van der Waals surface area contributed by atoms with Crippen LogP contribution in [0, 0.1) is 0 Å². The van der Waals surface area contributed by atoms with Gasteiger partial charge in [0.2, 0.25) is 5.91 Å². The topological polar surface area (TPSA) is 88.7 Å². The normalized spacial score (nSPS) is 17.8. The van der Waals surface area contributed by atoms with Crippen LogP contribution in [0.25, 0.3) is 0 Å². The van der Waals surface area contributed by atoms with E-state index in [0.717, 1.165) is 19.4 Å². The minimum absolute atomic E-state index is 0.0279. The Morgan fingerprint density at radius 1 is 1.33 bits per heavy atom. The average molecular weight is 335 g/mol. The van der Waals surface area contributed by atoms with Crippen molar-refractivity contribution in [3.05, 3.63) is 24.3 Å². The molecule has 132 valence electrons. The zero-order valence-electron chi connectivity index (χ0n) is 14.1. The van der Waals surface area contributed by atoms with Crippen LogP contribution in [0.4, 0.5) is 10.5 Å². The third-order valence-corrected chi connectivity index (χ3v) is 3.87. The molecular weight excluding hydrogens is 310 g/mol. The van der Waals surface area contributed by atoms with E-state index in [0.29, 0.717) is 24.5 Å². The Labute approximate surface area is 142 Å². The molecule has 1 heterocycles. The van der Waals surface area contributed by atoms with Gasteiger partial charge in [-0.05, 0) is 44.0 Å². The first-order valence-corrected chi connectivity index (χ1v) is 8.21. The van der Waals surface area contributed by atoms with Gasteiger partial charge in [-0.25, -0.2) is 4.79 Å². The molecule has 0 unspecified atom stereocenters. The molecule has 2 rings (SSSR count). The lowest BCUT2D eigenvalue weighted by molar-refractivity contribution is -0.121. The molecule has 7 nitrogen and oxygen atoms in total. The molecular formula is C17H25N3O4. The van der Waals surface area contributed by atoms with Gasteiger partial charge < -0.3 is 25.4 Å². The molecule has 0 bridgehead atoms. The number of rotatable bonds is 7. The van der Waals surface area contributed by atoms with Gasteiger partial charge in [0.15, 0.2) is 0 Å². The van der Waals surface area contributed by atoms with E-state index < -0.39 is 0 Å². The van der Waals surface area contributed by atoms with Gasteiger partial charge in [-0.1, -0.05) is 0 Å². The van der Waals surface area contributed by atoms with Gasteiger partial charge in [0.05, 0.1) is 25.2 Å². The summed E-state index contributed by atoms with van der Waals surface area (Å²) in [7, 11) is 1.59. The number of hydrogen-bond acceptors (Lipinski definition) is 4. The van der Waals surface area contributed by atoms with Gasteiger partial charge in [0.1, 0.15) is 5.75 Å². The third-order valence-electron chi connectivity index (χ3n) is 3.87. The highest BCUT2D eigenvalue weighted by Crippen LogP contribution is 2.17. The second kappa shape index (κ2) is 9.12. The molecule has 7 heteroatoms. The van der Waals surface area contributed by atoms with Crippen LogP contribution in [0.5, 0.6) is 5.75 Å². The molecule has 1 aliphatic rings. The minimum Gasteiger partial charge on any atom is -0.493 e. The van der Waals surface area contributed by atoms with Gasteiger partial charge in [-0.15, -0.1) is 0 Å². The Morgan fingerprint density at radius 2 is 2.08 bits per heavy atom. The summed E-state index contributed by atoms with van der Waals surface area (Å²) in [6.45, 7) is 3.02. The molecule has 0 saturated carbocycles. The van der Waals surface area contributed by atoms with Crippen molar-refractivity contribution in [1.82, 2.24) is 10.6 Å². The maximum absolute atomic E-state index is 12.0. The van der Waals surface area contributed by atoms with E-state index in [-0.39, 0.29) is 24.1 Å². The second-order valence-corrected chi connectivity index (χ2v) is 5.73. The van der Waals surface area contributed by atoms with Gasteiger partial charge in [0, 0.05) is 19.3 Å². The number of urea groups is 1. The van der Waals surface area contributed by atoms with Crippen LogP contribution in [0.3, 0.4) is 0 Å². The molecule has 1 aromatic rings.